The first-order chi connectivity index (χ1) is 31.4. The van der Waals surface area contributed by atoms with E-state index in [2.05, 4.69) is 36.2 Å². The Labute approximate surface area is 404 Å². The van der Waals surface area contributed by atoms with Crippen molar-refractivity contribution in [1.29, 1.82) is 0 Å². The van der Waals surface area contributed by atoms with Crippen LogP contribution in [-0.2, 0) is 33.4 Å². The van der Waals surface area contributed by atoms with Crippen LogP contribution >= 0.6 is 0 Å². The lowest BCUT2D eigenvalue weighted by atomic mass is 9.88. The van der Waals surface area contributed by atoms with E-state index in [9.17, 15) is 24.0 Å². The van der Waals surface area contributed by atoms with Crippen molar-refractivity contribution in [2.45, 2.75) is 103 Å². The Morgan fingerprint density at radius 3 is 1.12 bits per heavy atom. The van der Waals surface area contributed by atoms with Crippen molar-refractivity contribution < 1.29 is 33.4 Å². The minimum absolute atomic E-state index is 0.0305. The molecule has 4 amide bonds. The first-order valence-electron chi connectivity index (χ1n) is 23.9. The Hall–Kier alpha value is -4.72. The van der Waals surface area contributed by atoms with Crippen molar-refractivity contribution in [3.05, 3.63) is 0 Å². The molecule has 0 aromatic rings. The van der Waals surface area contributed by atoms with Crippen LogP contribution in [0.5, 0.6) is 0 Å². The van der Waals surface area contributed by atoms with Crippen LogP contribution in [0.2, 0.25) is 0 Å². The smallest absolute Gasteiger partial charge is 0.222 e. The molecule has 0 aromatic carbocycles. The number of ketones is 1. The van der Waals surface area contributed by atoms with Gasteiger partial charge >= 0.3 is 0 Å². The second kappa shape index (κ2) is 34.6. The standard InChI is InChI=1S/C47H93N13O7/c1-46(2,3)38(61)22-18-24-42(65)54-47(27-17-16-23-39(62)48-28-19-31-51-43(55(4)5)56(6)7,36-66-34-25-40(63)49-29-20-32-52-44(57(8)9)58(10)11)37-67-35-26-41(64)50-30-21-33-53-45(59(12)13)60(14)15/h16-37H2,1-15H3,(H,48,62)(H,49,63)(H,50,64)(H,54,65). The SMILES string of the molecule is CN(C)C(=NCCCNC(=O)CCCCC(COCCC(=O)NCCCN=C(N(C)C)N(C)C)(COCCC(=O)NCCCN=C(N(C)C)N(C)C)NC(=O)CCCC(=O)C(C)(C)C)N(C)C. The fourth-order valence-corrected chi connectivity index (χ4v) is 6.85. The fourth-order valence-electron chi connectivity index (χ4n) is 6.85. The average molecular weight is 952 g/mol. The number of carbonyl (C=O) groups excluding carboxylic acids is 5. The van der Waals surface area contributed by atoms with E-state index >= 15 is 0 Å². The first kappa shape index (κ1) is 62.3. The molecule has 0 rings (SSSR count). The molecule has 4 N–H and O–H groups in total. The van der Waals surface area contributed by atoms with Gasteiger partial charge in [0, 0.05) is 161 Å². The zero-order valence-electron chi connectivity index (χ0n) is 44.4. The number of hydrogen-bond donors (Lipinski definition) is 4. The van der Waals surface area contributed by atoms with Gasteiger partial charge in [-0.3, -0.25) is 38.9 Å². The van der Waals surface area contributed by atoms with Crippen molar-refractivity contribution in [2.24, 2.45) is 20.4 Å². The number of nitrogens with zero attached hydrogens (tertiary/aromatic N) is 9. The van der Waals surface area contributed by atoms with E-state index < -0.39 is 11.0 Å². The van der Waals surface area contributed by atoms with Gasteiger partial charge in [-0.15, -0.1) is 0 Å². The van der Waals surface area contributed by atoms with Crippen LogP contribution in [0.4, 0.5) is 0 Å². The maximum Gasteiger partial charge on any atom is 0.222 e. The molecule has 0 saturated carbocycles. The normalized spacial score (nSPS) is 11.1. The number of guanidine groups is 3. The molecule has 0 fully saturated rings. The highest BCUT2D eigenvalue weighted by Crippen LogP contribution is 2.21. The number of hydrogen-bond acceptors (Lipinski definition) is 10. The van der Waals surface area contributed by atoms with E-state index in [-0.39, 0.29) is 81.5 Å². The van der Waals surface area contributed by atoms with Gasteiger partial charge in [0.2, 0.25) is 23.6 Å². The number of unbranched alkanes of at least 4 members (excludes halogenated alkanes) is 1. The molecule has 0 spiro atoms. The molecule has 0 aliphatic rings. The molecule has 0 aliphatic heterocycles. The molecular formula is C47H93N13O7. The van der Waals surface area contributed by atoms with Gasteiger partial charge in [0.15, 0.2) is 17.9 Å². The molecule has 0 radical (unpaired) electrons. The predicted octanol–water partition coefficient (Wildman–Crippen LogP) is 1.96. The van der Waals surface area contributed by atoms with Crippen LogP contribution in [-0.4, -0.2) is 232 Å². The number of nitrogens with one attached hydrogen (secondary N) is 4. The van der Waals surface area contributed by atoms with Crippen molar-refractivity contribution in [2.75, 3.05) is 150 Å². The molecule has 20 heteroatoms. The fraction of sp³-hybridized carbons (Fsp3) is 0.830. The Balaban J connectivity index is 5.84. The minimum Gasteiger partial charge on any atom is -0.378 e. The van der Waals surface area contributed by atoms with Crippen molar-refractivity contribution in [3.8, 4) is 0 Å². The summed E-state index contributed by atoms with van der Waals surface area (Å²) in [5.41, 5.74) is -1.54. The first-order valence-corrected chi connectivity index (χ1v) is 23.9. The van der Waals surface area contributed by atoms with Gasteiger partial charge in [-0.25, -0.2) is 0 Å². The molecular weight excluding hydrogens is 859 g/mol. The Bertz CT molecular complexity index is 1370. The maximum absolute atomic E-state index is 13.6. The molecule has 0 saturated heterocycles. The zero-order chi connectivity index (χ0) is 51.0. The van der Waals surface area contributed by atoms with Gasteiger partial charge in [-0.2, -0.15) is 0 Å². The molecule has 0 aromatic heterocycles. The third-order valence-electron chi connectivity index (χ3n) is 10.2. The maximum atomic E-state index is 13.6. The lowest BCUT2D eigenvalue weighted by Crippen LogP contribution is -2.55. The van der Waals surface area contributed by atoms with Gasteiger partial charge in [-0.1, -0.05) is 27.2 Å². The van der Waals surface area contributed by atoms with Gasteiger partial charge in [-0.05, 0) is 38.5 Å². The quantitative estimate of drug-likeness (QED) is 0.0433. The second-order valence-corrected chi connectivity index (χ2v) is 19.2. The van der Waals surface area contributed by atoms with Crippen LogP contribution in [0.25, 0.3) is 0 Å². The third-order valence-corrected chi connectivity index (χ3v) is 10.2. The number of carbonyl (C=O) groups is 5. The van der Waals surface area contributed by atoms with Gasteiger partial charge in [0.1, 0.15) is 5.78 Å². The highest BCUT2D eigenvalue weighted by Gasteiger charge is 2.33. The summed E-state index contributed by atoms with van der Waals surface area (Å²) in [6.45, 7) is 8.98. The van der Waals surface area contributed by atoms with Crippen molar-refractivity contribution >= 4 is 47.3 Å². The summed E-state index contributed by atoms with van der Waals surface area (Å²) in [6.07, 6.45) is 4.83. The van der Waals surface area contributed by atoms with E-state index in [1.165, 1.54) is 0 Å². The molecule has 0 bridgehead atoms. The minimum atomic E-state index is -1.04. The van der Waals surface area contributed by atoms with E-state index in [0.29, 0.717) is 90.6 Å². The summed E-state index contributed by atoms with van der Waals surface area (Å²) in [5, 5.41) is 12.0. The molecule has 388 valence electrons. The third kappa shape index (κ3) is 30.3. The Kier molecular flexibility index (Phi) is 32.1. The Morgan fingerprint density at radius 1 is 0.433 bits per heavy atom. The number of rotatable bonds is 32. The van der Waals surface area contributed by atoms with Gasteiger partial charge in [0.05, 0.1) is 32.0 Å². The van der Waals surface area contributed by atoms with Crippen molar-refractivity contribution in [1.82, 2.24) is 50.7 Å². The highest BCUT2D eigenvalue weighted by atomic mass is 16.5. The largest absolute Gasteiger partial charge is 0.378 e. The van der Waals surface area contributed by atoms with Gasteiger partial charge < -0.3 is 60.1 Å². The van der Waals surface area contributed by atoms with E-state index in [1.807, 2.05) is 135 Å². The lowest BCUT2D eigenvalue weighted by molar-refractivity contribution is -0.129. The van der Waals surface area contributed by atoms with E-state index in [1.54, 1.807) is 0 Å². The molecule has 20 nitrogen and oxygen atoms in total. The molecule has 0 heterocycles. The zero-order valence-corrected chi connectivity index (χ0v) is 44.4. The van der Waals surface area contributed by atoms with Crippen LogP contribution in [0, 0.1) is 5.41 Å². The summed E-state index contributed by atoms with van der Waals surface area (Å²) in [4.78, 5) is 90.1. The molecule has 0 atom stereocenters. The number of aliphatic imine (C=N–C) groups is 3. The number of amides is 4. The topological polar surface area (TPSA) is 208 Å². The Morgan fingerprint density at radius 2 is 0.776 bits per heavy atom. The second-order valence-electron chi connectivity index (χ2n) is 19.2. The summed E-state index contributed by atoms with van der Waals surface area (Å²) in [7, 11) is 23.2. The number of Topliss-reactive ketones (excluding diaryl/α,β-unsaturated/α-hetero) is 1. The van der Waals surface area contributed by atoms with Gasteiger partial charge in [0.25, 0.3) is 0 Å². The number of ether oxygens (including phenoxy) is 2. The summed E-state index contributed by atoms with van der Waals surface area (Å²) >= 11 is 0. The van der Waals surface area contributed by atoms with Crippen LogP contribution in [0.1, 0.15) is 97.8 Å². The molecule has 67 heavy (non-hydrogen) atoms. The van der Waals surface area contributed by atoms with Crippen molar-refractivity contribution in [3.63, 3.8) is 0 Å². The van der Waals surface area contributed by atoms with Crippen LogP contribution in [0.3, 0.4) is 0 Å². The average Bonchev–Trinajstić information content (AvgIpc) is 3.22. The summed E-state index contributed by atoms with van der Waals surface area (Å²) in [5.74, 6) is 1.95. The molecule has 0 unspecified atom stereocenters. The van der Waals surface area contributed by atoms with E-state index in [0.717, 1.165) is 17.9 Å². The predicted molar refractivity (Wildman–Crippen MR) is 270 cm³/mol. The summed E-state index contributed by atoms with van der Waals surface area (Å²) in [6, 6.07) is 0. The lowest BCUT2D eigenvalue weighted by Gasteiger charge is -2.35. The monoisotopic (exact) mass is 952 g/mol. The van der Waals surface area contributed by atoms with Crippen LogP contribution < -0.4 is 21.3 Å². The van der Waals surface area contributed by atoms with Crippen LogP contribution in [0.15, 0.2) is 15.0 Å². The highest BCUT2D eigenvalue weighted by molar-refractivity contribution is 5.84. The van der Waals surface area contributed by atoms with E-state index in [4.69, 9.17) is 9.47 Å². The summed E-state index contributed by atoms with van der Waals surface area (Å²) < 4.78 is 12.3. The molecule has 0 aliphatic carbocycles.